The topological polar surface area (TPSA) is 55.6 Å². The summed E-state index contributed by atoms with van der Waals surface area (Å²) >= 11 is 0. The van der Waals surface area contributed by atoms with Crippen LogP contribution in [0.3, 0.4) is 0 Å². The highest BCUT2D eigenvalue weighted by Gasteiger charge is 2.28. The lowest BCUT2D eigenvalue weighted by atomic mass is 10.1. The molecule has 0 aromatic carbocycles. The van der Waals surface area contributed by atoms with Gasteiger partial charge in [-0.25, -0.2) is 4.79 Å². The summed E-state index contributed by atoms with van der Waals surface area (Å²) in [5.41, 5.74) is 5.29. The highest BCUT2D eigenvalue weighted by atomic mass is 16.6. The fraction of sp³-hybridized carbons (Fsp3) is 0.917. The zero-order valence-corrected chi connectivity index (χ0v) is 10.7. The lowest BCUT2D eigenvalue weighted by Crippen LogP contribution is -2.46. The Labute approximate surface area is 98.1 Å². The van der Waals surface area contributed by atoms with E-state index in [1.54, 1.807) is 4.90 Å². The molecule has 1 saturated heterocycles. The number of nitrogens with zero attached hydrogens (tertiary/aromatic N) is 1. The van der Waals surface area contributed by atoms with Gasteiger partial charge in [-0.3, -0.25) is 0 Å². The lowest BCUT2D eigenvalue weighted by molar-refractivity contribution is 0.0174. The third kappa shape index (κ3) is 4.00. The maximum absolute atomic E-state index is 12.0. The molecule has 0 radical (unpaired) electrons. The van der Waals surface area contributed by atoms with E-state index < -0.39 is 5.60 Å². The Bertz CT molecular complexity index is 236. The standard InChI is InChI=1S/C12H24N2O2/c1-12(2,3)16-11(15)14-8-6-4-5-7-10(14)9-13/h10H,4-9,13H2,1-3H3/t10-/m1/s1. The Morgan fingerprint density at radius 2 is 2.06 bits per heavy atom. The van der Waals surface area contributed by atoms with Crippen LogP contribution in [-0.2, 0) is 4.74 Å². The van der Waals surface area contributed by atoms with E-state index in [-0.39, 0.29) is 12.1 Å². The number of nitrogens with two attached hydrogens (primary N) is 1. The average Bonchev–Trinajstić information content (AvgIpc) is 2.39. The molecule has 94 valence electrons. The number of likely N-dealkylation sites (tertiary alicyclic amines) is 1. The molecule has 0 aliphatic carbocycles. The molecule has 1 aliphatic rings. The second-order valence-electron chi connectivity index (χ2n) is 5.41. The van der Waals surface area contributed by atoms with Crippen molar-refractivity contribution in [3.8, 4) is 0 Å². The molecule has 4 heteroatoms. The number of ether oxygens (including phenoxy) is 1. The van der Waals surface area contributed by atoms with Gasteiger partial charge in [0.05, 0.1) is 0 Å². The molecular weight excluding hydrogens is 204 g/mol. The zero-order chi connectivity index (χ0) is 12.2. The molecule has 0 aromatic rings. The number of rotatable bonds is 1. The van der Waals surface area contributed by atoms with Crippen LogP contribution in [0.4, 0.5) is 4.79 Å². The molecule has 16 heavy (non-hydrogen) atoms. The van der Waals surface area contributed by atoms with Gasteiger partial charge in [0, 0.05) is 19.1 Å². The molecule has 0 spiro atoms. The number of carbonyl (C=O) groups is 1. The predicted octanol–water partition coefficient (Wildman–Crippen LogP) is 2.12. The summed E-state index contributed by atoms with van der Waals surface area (Å²) < 4.78 is 5.40. The first kappa shape index (κ1) is 13.3. The zero-order valence-electron chi connectivity index (χ0n) is 10.7. The van der Waals surface area contributed by atoms with Crippen molar-refractivity contribution in [3.05, 3.63) is 0 Å². The maximum atomic E-state index is 12.0. The molecule has 1 heterocycles. The van der Waals surface area contributed by atoms with Gasteiger partial charge in [-0.2, -0.15) is 0 Å². The Hall–Kier alpha value is -0.770. The fourth-order valence-electron chi connectivity index (χ4n) is 1.98. The SMILES string of the molecule is CC(C)(C)OC(=O)N1CCCCC[C@@H]1CN. The third-order valence-electron chi connectivity index (χ3n) is 2.78. The molecule has 1 fully saturated rings. The maximum Gasteiger partial charge on any atom is 0.410 e. The van der Waals surface area contributed by atoms with Gasteiger partial charge < -0.3 is 15.4 Å². The van der Waals surface area contributed by atoms with E-state index in [2.05, 4.69) is 0 Å². The Kier molecular flexibility index (Phi) is 4.59. The van der Waals surface area contributed by atoms with Crippen molar-refractivity contribution in [2.45, 2.75) is 58.1 Å². The Morgan fingerprint density at radius 3 is 2.62 bits per heavy atom. The van der Waals surface area contributed by atoms with Crippen LogP contribution in [0.15, 0.2) is 0 Å². The molecule has 0 saturated carbocycles. The summed E-state index contributed by atoms with van der Waals surface area (Å²) in [7, 11) is 0. The van der Waals surface area contributed by atoms with Crippen LogP contribution in [-0.4, -0.2) is 35.7 Å². The van der Waals surface area contributed by atoms with Gasteiger partial charge >= 0.3 is 6.09 Å². The highest BCUT2D eigenvalue weighted by Crippen LogP contribution is 2.19. The molecule has 0 bridgehead atoms. The highest BCUT2D eigenvalue weighted by molar-refractivity contribution is 5.68. The molecule has 2 N–H and O–H groups in total. The van der Waals surface area contributed by atoms with Crippen LogP contribution in [0, 0.1) is 0 Å². The summed E-state index contributed by atoms with van der Waals surface area (Å²) in [4.78, 5) is 13.8. The van der Waals surface area contributed by atoms with Crippen LogP contribution >= 0.6 is 0 Å². The Balaban J connectivity index is 2.63. The number of amides is 1. The average molecular weight is 228 g/mol. The normalized spacial score (nSPS) is 22.8. The molecule has 4 nitrogen and oxygen atoms in total. The number of hydrogen-bond donors (Lipinski definition) is 1. The minimum Gasteiger partial charge on any atom is -0.444 e. The van der Waals surface area contributed by atoms with Gasteiger partial charge in [-0.1, -0.05) is 12.8 Å². The van der Waals surface area contributed by atoms with E-state index in [1.165, 1.54) is 6.42 Å². The van der Waals surface area contributed by atoms with Crippen molar-refractivity contribution < 1.29 is 9.53 Å². The van der Waals surface area contributed by atoms with Crippen LogP contribution in [0.2, 0.25) is 0 Å². The lowest BCUT2D eigenvalue weighted by Gasteiger charge is -2.31. The summed E-state index contributed by atoms with van der Waals surface area (Å²) in [5, 5.41) is 0. The summed E-state index contributed by atoms with van der Waals surface area (Å²) in [6.45, 7) is 6.97. The Morgan fingerprint density at radius 1 is 1.38 bits per heavy atom. The fourth-order valence-corrected chi connectivity index (χ4v) is 1.98. The van der Waals surface area contributed by atoms with Crippen LogP contribution < -0.4 is 5.73 Å². The van der Waals surface area contributed by atoms with Gasteiger partial charge in [0.25, 0.3) is 0 Å². The van der Waals surface area contributed by atoms with E-state index in [9.17, 15) is 4.79 Å². The monoisotopic (exact) mass is 228 g/mol. The first-order chi connectivity index (χ1) is 7.44. The van der Waals surface area contributed by atoms with E-state index in [4.69, 9.17) is 10.5 Å². The third-order valence-corrected chi connectivity index (χ3v) is 2.78. The van der Waals surface area contributed by atoms with Crippen LogP contribution in [0.1, 0.15) is 46.5 Å². The van der Waals surface area contributed by atoms with Crippen LogP contribution in [0.5, 0.6) is 0 Å². The van der Waals surface area contributed by atoms with Gasteiger partial charge in [0.2, 0.25) is 0 Å². The first-order valence-electron chi connectivity index (χ1n) is 6.14. The van der Waals surface area contributed by atoms with Crippen molar-refractivity contribution in [1.82, 2.24) is 4.90 Å². The van der Waals surface area contributed by atoms with E-state index in [1.807, 2.05) is 20.8 Å². The van der Waals surface area contributed by atoms with E-state index in [0.29, 0.717) is 6.54 Å². The quantitative estimate of drug-likeness (QED) is 0.748. The minimum absolute atomic E-state index is 0.150. The molecule has 0 aromatic heterocycles. The van der Waals surface area contributed by atoms with Crippen molar-refractivity contribution in [3.63, 3.8) is 0 Å². The van der Waals surface area contributed by atoms with Crippen molar-refractivity contribution in [1.29, 1.82) is 0 Å². The van der Waals surface area contributed by atoms with Crippen LogP contribution in [0.25, 0.3) is 0 Å². The van der Waals surface area contributed by atoms with Crippen molar-refractivity contribution >= 4 is 6.09 Å². The largest absolute Gasteiger partial charge is 0.444 e. The second-order valence-corrected chi connectivity index (χ2v) is 5.41. The van der Waals surface area contributed by atoms with E-state index >= 15 is 0 Å². The van der Waals surface area contributed by atoms with Crippen molar-refractivity contribution in [2.24, 2.45) is 5.73 Å². The molecule has 1 atom stereocenters. The van der Waals surface area contributed by atoms with Gasteiger partial charge in [0.1, 0.15) is 5.60 Å². The van der Waals surface area contributed by atoms with E-state index in [0.717, 1.165) is 25.8 Å². The second kappa shape index (κ2) is 5.53. The summed E-state index contributed by atoms with van der Waals surface area (Å²) in [6.07, 6.45) is 4.16. The van der Waals surface area contributed by atoms with Gasteiger partial charge in [0.15, 0.2) is 0 Å². The number of hydrogen-bond acceptors (Lipinski definition) is 3. The summed E-state index contributed by atoms with van der Waals surface area (Å²) in [6, 6.07) is 0.150. The van der Waals surface area contributed by atoms with Gasteiger partial charge in [-0.15, -0.1) is 0 Å². The molecule has 0 unspecified atom stereocenters. The minimum atomic E-state index is -0.428. The molecular formula is C12H24N2O2. The van der Waals surface area contributed by atoms with Crippen molar-refractivity contribution in [2.75, 3.05) is 13.1 Å². The summed E-state index contributed by atoms with van der Waals surface area (Å²) in [5.74, 6) is 0. The molecule has 1 aliphatic heterocycles. The smallest absolute Gasteiger partial charge is 0.410 e. The number of carbonyl (C=O) groups excluding carboxylic acids is 1. The molecule has 1 rings (SSSR count). The first-order valence-corrected chi connectivity index (χ1v) is 6.14. The van der Waals surface area contributed by atoms with Gasteiger partial charge in [-0.05, 0) is 33.6 Å². The predicted molar refractivity (Wildman–Crippen MR) is 64.3 cm³/mol. The molecule has 1 amide bonds.